The number of carbonyl (C=O) groups is 1. The molecule has 1 aliphatic heterocycles. The van der Waals surface area contributed by atoms with Crippen LogP contribution in [0.3, 0.4) is 0 Å². The molecular weight excluding hydrogens is 397 g/mol. The highest BCUT2D eigenvalue weighted by molar-refractivity contribution is 7.99. The van der Waals surface area contributed by atoms with E-state index >= 15 is 0 Å². The number of halogens is 3. The minimum absolute atomic E-state index is 0.0111. The third-order valence-corrected chi connectivity index (χ3v) is 6.20. The van der Waals surface area contributed by atoms with Crippen molar-refractivity contribution in [1.82, 2.24) is 9.80 Å². The molecule has 1 saturated heterocycles. The van der Waals surface area contributed by atoms with Gasteiger partial charge in [-0.2, -0.15) is 0 Å². The maximum absolute atomic E-state index is 13.6. The van der Waals surface area contributed by atoms with Crippen molar-refractivity contribution in [2.45, 2.75) is 31.7 Å². The molecule has 1 aliphatic rings. The van der Waals surface area contributed by atoms with Crippen LogP contribution in [0.5, 0.6) is 0 Å². The molecule has 1 amide bonds. The number of hydrogen-bond donors (Lipinski definition) is 0. The molecule has 1 heterocycles. The Labute approximate surface area is 173 Å². The summed E-state index contributed by atoms with van der Waals surface area (Å²) < 4.78 is 40.0. The number of benzene rings is 2. The van der Waals surface area contributed by atoms with Gasteiger partial charge in [-0.25, -0.2) is 13.2 Å². The topological polar surface area (TPSA) is 23.6 Å². The average molecular weight is 423 g/mol. The Hall–Kier alpha value is -1.99. The quantitative estimate of drug-likeness (QED) is 0.599. The fraction of sp³-hybridized carbons (Fsp3) is 0.409. The van der Waals surface area contributed by atoms with Crippen molar-refractivity contribution >= 4 is 17.7 Å². The molecule has 7 heteroatoms. The van der Waals surface area contributed by atoms with E-state index < -0.39 is 11.6 Å². The van der Waals surface area contributed by atoms with Crippen LogP contribution in [0.15, 0.2) is 42.5 Å². The molecular formula is C22H25F3N2OS. The lowest BCUT2D eigenvalue weighted by molar-refractivity contribution is -0.132. The van der Waals surface area contributed by atoms with Crippen molar-refractivity contribution in [3.63, 3.8) is 0 Å². The summed E-state index contributed by atoms with van der Waals surface area (Å²) in [5.41, 5.74) is 1.54. The molecule has 0 N–H and O–H groups in total. The molecule has 0 aromatic heterocycles. The van der Waals surface area contributed by atoms with Crippen molar-refractivity contribution in [2.75, 3.05) is 25.4 Å². The number of carbonyl (C=O) groups excluding carboxylic acids is 1. The van der Waals surface area contributed by atoms with Crippen LogP contribution in [0.2, 0.25) is 0 Å². The summed E-state index contributed by atoms with van der Waals surface area (Å²) in [6.07, 6.45) is 1.88. The van der Waals surface area contributed by atoms with Gasteiger partial charge in [0.25, 0.3) is 0 Å². The molecule has 3 nitrogen and oxygen atoms in total. The standard InChI is InChI=1S/C22H25F3N2OS/c1-2-3-10-26(14-16-4-9-19(24)20(25)13-16)15-21(28)27-11-12-29-22(27)17-5-7-18(23)8-6-17/h4-9,13,22H,2-3,10-12,14-15H2,1H3/t22-/m1/s1. The molecule has 2 aromatic carbocycles. The van der Waals surface area contributed by atoms with Crippen LogP contribution in [0.25, 0.3) is 0 Å². The fourth-order valence-corrected chi connectivity index (χ4v) is 4.68. The molecule has 0 aliphatic carbocycles. The third-order valence-electron chi connectivity index (χ3n) is 4.94. The summed E-state index contributed by atoms with van der Waals surface area (Å²) in [5.74, 6) is -1.24. The van der Waals surface area contributed by atoms with E-state index in [0.29, 0.717) is 25.2 Å². The van der Waals surface area contributed by atoms with E-state index in [4.69, 9.17) is 0 Å². The molecule has 3 rings (SSSR count). The first kappa shape index (κ1) is 21.7. The van der Waals surface area contributed by atoms with Crippen LogP contribution in [-0.4, -0.2) is 41.1 Å². The minimum Gasteiger partial charge on any atom is -0.325 e. The lowest BCUT2D eigenvalue weighted by atomic mass is 10.1. The molecule has 0 saturated carbocycles. The average Bonchev–Trinajstić information content (AvgIpc) is 3.19. The number of nitrogens with zero attached hydrogens (tertiary/aromatic N) is 2. The van der Waals surface area contributed by atoms with Gasteiger partial charge in [-0.1, -0.05) is 31.5 Å². The predicted molar refractivity (Wildman–Crippen MR) is 110 cm³/mol. The first-order valence-electron chi connectivity index (χ1n) is 9.80. The van der Waals surface area contributed by atoms with E-state index in [0.717, 1.165) is 30.2 Å². The second-order valence-electron chi connectivity index (χ2n) is 7.17. The van der Waals surface area contributed by atoms with E-state index in [2.05, 4.69) is 6.92 Å². The number of hydrogen-bond acceptors (Lipinski definition) is 3. The van der Waals surface area contributed by atoms with E-state index in [1.54, 1.807) is 30.0 Å². The maximum atomic E-state index is 13.6. The van der Waals surface area contributed by atoms with Gasteiger partial charge in [0.1, 0.15) is 11.2 Å². The van der Waals surface area contributed by atoms with Gasteiger partial charge in [0, 0.05) is 18.8 Å². The minimum atomic E-state index is -0.878. The molecule has 0 spiro atoms. The molecule has 2 aromatic rings. The van der Waals surface area contributed by atoms with Crippen molar-refractivity contribution < 1.29 is 18.0 Å². The Bertz CT molecular complexity index is 831. The van der Waals surface area contributed by atoms with Crippen molar-refractivity contribution in [1.29, 1.82) is 0 Å². The second kappa shape index (κ2) is 10.2. The summed E-state index contributed by atoms with van der Waals surface area (Å²) in [6.45, 7) is 3.99. The maximum Gasteiger partial charge on any atom is 0.237 e. The first-order chi connectivity index (χ1) is 14.0. The lowest BCUT2D eigenvalue weighted by Gasteiger charge is -2.28. The number of thioether (sulfide) groups is 1. The van der Waals surface area contributed by atoms with Crippen LogP contribution in [0, 0.1) is 17.5 Å². The van der Waals surface area contributed by atoms with E-state index in [1.165, 1.54) is 18.2 Å². The number of unbranched alkanes of at least 4 members (excludes halogenated alkanes) is 1. The van der Waals surface area contributed by atoms with Gasteiger partial charge in [-0.05, 0) is 48.4 Å². The van der Waals surface area contributed by atoms with Gasteiger partial charge in [-0.3, -0.25) is 9.69 Å². The molecule has 0 unspecified atom stereocenters. The van der Waals surface area contributed by atoms with Crippen LogP contribution in [0.4, 0.5) is 13.2 Å². The molecule has 156 valence electrons. The van der Waals surface area contributed by atoms with Crippen molar-refractivity contribution in [3.8, 4) is 0 Å². The van der Waals surface area contributed by atoms with Gasteiger partial charge >= 0.3 is 0 Å². The lowest BCUT2D eigenvalue weighted by Crippen LogP contribution is -2.40. The van der Waals surface area contributed by atoms with Crippen LogP contribution < -0.4 is 0 Å². The van der Waals surface area contributed by atoms with Gasteiger partial charge < -0.3 is 4.90 Å². The van der Waals surface area contributed by atoms with Crippen LogP contribution >= 0.6 is 11.8 Å². The Morgan fingerprint density at radius 2 is 1.90 bits per heavy atom. The second-order valence-corrected chi connectivity index (χ2v) is 8.36. The summed E-state index contributed by atoms with van der Waals surface area (Å²) in [6, 6.07) is 10.1. The van der Waals surface area contributed by atoms with Crippen molar-refractivity contribution in [3.05, 3.63) is 71.0 Å². The smallest absolute Gasteiger partial charge is 0.237 e. The van der Waals surface area contributed by atoms with Crippen molar-refractivity contribution in [2.24, 2.45) is 0 Å². The summed E-state index contributed by atoms with van der Waals surface area (Å²) in [5, 5.41) is -0.126. The Kier molecular flexibility index (Phi) is 7.61. The van der Waals surface area contributed by atoms with Gasteiger partial charge in [0.2, 0.25) is 5.91 Å². The van der Waals surface area contributed by atoms with E-state index in [9.17, 15) is 18.0 Å². The molecule has 1 atom stereocenters. The Morgan fingerprint density at radius 1 is 1.14 bits per heavy atom. The predicted octanol–water partition coefficient (Wildman–Crippen LogP) is 4.98. The van der Waals surface area contributed by atoms with Gasteiger partial charge in [-0.15, -0.1) is 11.8 Å². The summed E-state index contributed by atoms with van der Waals surface area (Å²) in [4.78, 5) is 16.8. The summed E-state index contributed by atoms with van der Waals surface area (Å²) in [7, 11) is 0. The van der Waals surface area contributed by atoms with Crippen LogP contribution in [-0.2, 0) is 11.3 Å². The largest absolute Gasteiger partial charge is 0.325 e. The molecule has 0 bridgehead atoms. The number of rotatable bonds is 8. The Balaban J connectivity index is 1.69. The highest BCUT2D eigenvalue weighted by Crippen LogP contribution is 2.38. The summed E-state index contributed by atoms with van der Waals surface area (Å²) >= 11 is 1.66. The highest BCUT2D eigenvalue weighted by atomic mass is 32.2. The third kappa shape index (κ3) is 5.76. The Morgan fingerprint density at radius 3 is 2.59 bits per heavy atom. The normalized spacial score (nSPS) is 16.6. The zero-order valence-corrected chi connectivity index (χ0v) is 17.2. The zero-order chi connectivity index (χ0) is 20.8. The molecule has 29 heavy (non-hydrogen) atoms. The first-order valence-corrected chi connectivity index (χ1v) is 10.9. The van der Waals surface area contributed by atoms with E-state index in [1.807, 2.05) is 9.80 Å². The number of amides is 1. The monoisotopic (exact) mass is 422 g/mol. The molecule has 1 fully saturated rings. The zero-order valence-electron chi connectivity index (χ0n) is 16.4. The molecule has 0 radical (unpaired) electrons. The van der Waals surface area contributed by atoms with Gasteiger partial charge in [0.15, 0.2) is 11.6 Å². The van der Waals surface area contributed by atoms with Crippen LogP contribution in [0.1, 0.15) is 36.3 Å². The SMILES string of the molecule is CCCCN(CC(=O)N1CCS[C@@H]1c1ccc(F)cc1)Cc1ccc(F)c(F)c1. The van der Waals surface area contributed by atoms with E-state index in [-0.39, 0.29) is 23.6 Å². The highest BCUT2D eigenvalue weighted by Gasteiger charge is 2.31. The fourth-order valence-electron chi connectivity index (χ4n) is 3.40. The van der Waals surface area contributed by atoms with Gasteiger partial charge in [0.05, 0.1) is 6.54 Å².